The van der Waals surface area contributed by atoms with Crippen LogP contribution in [0, 0.1) is 6.92 Å². The van der Waals surface area contributed by atoms with Gasteiger partial charge in [-0.3, -0.25) is 4.40 Å². The van der Waals surface area contributed by atoms with Crippen molar-refractivity contribution in [1.29, 1.82) is 0 Å². The van der Waals surface area contributed by atoms with Crippen LogP contribution < -0.4 is 0 Å². The molecule has 6 heteroatoms. The van der Waals surface area contributed by atoms with Gasteiger partial charge in [0.1, 0.15) is 16.1 Å². The molecule has 2 aromatic heterocycles. The Morgan fingerprint density at radius 2 is 1.79 bits per heavy atom. The van der Waals surface area contributed by atoms with Crippen LogP contribution in [-0.4, -0.2) is 14.4 Å². The number of fused-ring (bicyclic) bond motifs is 1. The van der Waals surface area contributed by atoms with Crippen molar-refractivity contribution < 1.29 is 0 Å². The average Bonchev–Trinajstić information content (AvgIpc) is 2.68. The smallest absolute Gasteiger partial charge is 0.174 e. The summed E-state index contributed by atoms with van der Waals surface area (Å²) in [6.07, 6.45) is 0. The monoisotopic (exact) mass is 355 g/mol. The van der Waals surface area contributed by atoms with Gasteiger partial charge in [0.15, 0.2) is 10.3 Å². The predicted octanol–water partition coefficient (Wildman–Crippen LogP) is 4.77. The van der Waals surface area contributed by atoms with E-state index in [0.717, 1.165) is 11.4 Å². The van der Waals surface area contributed by atoms with E-state index in [9.17, 15) is 0 Å². The third-order valence-corrected chi connectivity index (χ3v) is 3.79. The molecule has 0 saturated carbocycles. The molecule has 0 aliphatic heterocycles. The zero-order valence-corrected chi connectivity index (χ0v) is 13.0. The maximum atomic E-state index is 6.24. The Morgan fingerprint density at radius 1 is 1.11 bits per heavy atom. The van der Waals surface area contributed by atoms with Crippen molar-refractivity contribution in [3.8, 4) is 11.4 Å². The molecular weight excluding hydrogens is 349 g/mol. The second-order valence-corrected chi connectivity index (χ2v) is 5.68. The molecule has 19 heavy (non-hydrogen) atoms. The Labute approximate surface area is 128 Å². The fourth-order valence-corrected chi connectivity index (χ4v) is 2.81. The van der Waals surface area contributed by atoms with Crippen molar-refractivity contribution in [3.05, 3.63) is 50.8 Å². The van der Waals surface area contributed by atoms with Gasteiger partial charge in [0, 0.05) is 11.6 Å². The number of nitrogens with zero attached hydrogens (tertiary/aromatic N) is 3. The highest BCUT2D eigenvalue weighted by Crippen LogP contribution is 2.29. The van der Waals surface area contributed by atoms with Crippen LogP contribution in [-0.2, 0) is 0 Å². The van der Waals surface area contributed by atoms with Crippen LogP contribution in [0.25, 0.3) is 17.0 Å². The molecule has 0 spiro atoms. The van der Waals surface area contributed by atoms with Crippen LogP contribution in [0.5, 0.6) is 0 Å². The molecule has 2 heterocycles. The molecule has 3 rings (SSSR count). The third-order valence-electron chi connectivity index (χ3n) is 2.79. The van der Waals surface area contributed by atoms with E-state index in [1.54, 1.807) is 10.5 Å². The summed E-state index contributed by atoms with van der Waals surface area (Å²) >= 11 is 15.5. The summed E-state index contributed by atoms with van der Waals surface area (Å²) in [5.74, 6) is 0.732. The van der Waals surface area contributed by atoms with E-state index >= 15 is 0 Å². The van der Waals surface area contributed by atoms with Crippen molar-refractivity contribution in [2.24, 2.45) is 0 Å². The molecule has 0 bridgehead atoms. The number of hydrogen-bond donors (Lipinski definition) is 0. The number of hydrogen-bond acceptors (Lipinski definition) is 2. The van der Waals surface area contributed by atoms with Crippen LogP contribution >= 0.6 is 39.1 Å². The number of halogens is 3. The van der Waals surface area contributed by atoms with Crippen LogP contribution in [0.4, 0.5) is 0 Å². The van der Waals surface area contributed by atoms with Gasteiger partial charge in [0.05, 0.1) is 0 Å². The summed E-state index contributed by atoms with van der Waals surface area (Å²) in [7, 11) is 0. The standard InChI is InChI=1S/C13H8BrCl2N3/c1-7-2-4-8(5-3-7)12-18-11(14)13-17-9(15)6-10(16)19(12)13/h2-6H,1H3. The van der Waals surface area contributed by atoms with Gasteiger partial charge < -0.3 is 0 Å². The first-order valence-corrected chi connectivity index (χ1v) is 7.08. The van der Waals surface area contributed by atoms with E-state index in [4.69, 9.17) is 23.2 Å². The minimum atomic E-state index is 0.341. The number of benzene rings is 1. The lowest BCUT2D eigenvalue weighted by molar-refractivity contribution is 1.12. The third kappa shape index (κ3) is 2.24. The van der Waals surface area contributed by atoms with E-state index in [-0.39, 0.29) is 0 Å². The molecule has 0 fully saturated rings. The van der Waals surface area contributed by atoms with Gasteiger partial charge in [-0.25, -0.2) is 9.97 Å². The van der Waals surface area contributed by atoms with Crippen LogP contribution in [0.3, 0.4) is 0 Å². The molecule has 96 valence electrons. The minimum Gasteiger partial charge on any atom is -0.265 e. The summed E-state index contributed by atoms with van der Waals surface area (Å²) in [6.45, 7) is 2.04. The Bertz CT molecular complexity index is 766. The lowest BCUT2D eigenvalue weighted by Gasteiger charge is -2.04. The van der Waals surface area contributed by atoms with Crippen LogP contribution in [0.1, 0.15) is 5.56 Å². The van der Waals surface area contributed by atoms with Crippen LogP contribution in [0.15, 0.2) is 34.9 Å². The van der Waals surface area contributed by atoms with Gasteiger partial charge in [0.2, 0.25) is 0 Å². The Balaban J connectivity index is 2.33. The lowest BCUT2D eigenvalue weighted by atomic mass is 10.1. The normalized spacial score (nSPS) is 11.2. The van der Waals surface area contributed by atoms with Crippen molar-refractivity contribution in [2.45, 2.75) is 6.92 Å². The number of imidazole rings is 1. The molecule has 1 aromatic carbocycles. The SMILES string of the molecule is Cc1ccc(-c2nc(Br)c3nc(Cl)cc(Cl)n23)cc1. The highest BCUT2D eigenvalue weighted by Gasteiger charge is 2.15. The van der Waals surface area contributed by atoms with E-state index in [1.165, 1.54) is 5.56 Å². The molecule has 0 unspecified atom stereocenters. The maximum Gasteiger partial charge on any atom is 0.174 e. The molecule has 0 atom stereocenters. The molecule has 0 aliphatic carbocycles. The molecule has 3 aromatic rings. The number of aromatic nitrogens is 3. The van der Waals surface area contributed by atoms with Crippen molar-refractivity contribution in [1.82, 2.24) is 14.4 Å². The second-order valence-electron chi connectivity index (χ2n) is 4.15. The minimum absolute atomic E-state index is 0.341. The van der Waals surface area contributed by atoms with E-state index in [0.29, 0.717) is 20.6 Å². The average molecular weight is 357 g/mol. The summed E-state index contributed by atoms with van der Waals surface area (Å²) < 4.78 is 2.38. The Morgan fingerprint density at radius 3 is 2.47 bits per heavy atom. The number of aryl methyl sites for hydroxylation is 1. The first-order valence-electron chi connectivity index (χ1n) is 5.53. The van der Waals surface area contributed by atoms with Gasteiger partial charge in [-0.1, -0.05) is 53.0 Å². The van der Waals surface area contributed by atoms with Gasteiger partial charge >= 0.3 is 0 Å². The molecule has 0 radical (unpaired) electrons. The second kappa shape index (κ2) is 4.78. The van der Waals surface area contributed by atoms with E-state index < -0.39 is 0 Å². The Kier molecular flexibility index (Phi) is 3.25. The number of rotatable bonds is 1. The zero-order valence-electron chi connectivity index (χ0n) is 9.86. The summed E-state index contributed by atoms with van der Waals surface area (Å²) in [5.41, 5.74) is 2.77. The van der Waals surface area contributed by atoms with Gasteiger partial charge in [0.25, 0.3) is 0 Å². The summed E-state index contributed by atoms with van der Waals surface area (Å²) in [5, 5.41) is 0.817. The molecule has 3 nitrogen and oxygen atoms in total. The zero-order chi connectivity index (χ0) is 13.6. The summed E-state index contributed by atoms with van der Waals surface area (Å²) in [6, 6.07) is 9.66. The fourth-order valence-electron chi connectivity index (χ4n) is 1.88. The highest BCUT2D eigenvalue weighted by molar-refractivity contribution is 9.10. The molecule has 0 saturated heterocycles. The van der Waals surface area contributed by atoms with E-state index in [2.05, 4.69) is 25.9 Å². The quantitative estimate of drug-likeness (QED) is 0.587. The first kappa shape index (κ1) is 12.9. The molecule has 0 N–H and O–H groups in total. The maximum absolute atomic E-state index is 6.24. The van der Waals surface area contributed by atoms with Crippen molar-refractivity contribution in [3.63, 3.8) is 0 Å². The van der Waals surface area contributed by atoms with Gasteiger partial charge in [-0.2, -0.15) is 0 Å². The van der Waals surface area contributed by atoms with Crippen molar-refractivity contribution >= 4 is 44.8 Å². The van der Waals surface area contributed by atoms with Crippen molar-refractivity contribution in [2.75, 3.05) is 0 Å². The molecular formula is C13H8BrCl2N3. The lowest BCUT2D eigenvalue weighted by Crippen LogP contribution is -1.93. The molecule has 0 aliphatic rings. The first-order chi connectivity index (χ1) is 9.06. The van der Waals surface area contributed by atoms with Gasteiger partial charge in [-0.05, 0) is 22.9 Å². The fraction of sp³-hybridized carbons (Fsp3) is 0.0769. The predicted molar refractivity (Wildman–Crippen MR) is 80.9 cm³/mol. The van der Waals surface area contributed by atoms with Gasteiger partial charge in [-0.15, -0.1) is 0 Å². The largest absolute Gasteiger partial charge is 0.265 e. The van der Waals surface area contributed by atoms with E-state index in [1.807, 2.05) is 31.2 Å². The molecule has 0 amide bonds. The topological polar surface area (TPSA) is 30.2 Å². The summed E-state index contributed by atoms with van der Waals surface area (Å²) in [4.78, 5) is 8.70. The highest BCUT2D eigenvalue weighted by atomic mass is 79.9. The Hall–Kier alpha value is -1.10. The van der Waals surface area contributed by atoms with Crippen LogP contribution in [0.2, 0.25) is 10.3 Å².